The van der Waals surface area contributed by atoms with Gasteiger partial charge in [-0.1, -0.05) is 24.3 Å². The molecule has 0 aliphatic carbocycles. The minimum atomic E-state index is -4.75. The van der Waals surface area contributed by atoms with Gasteiger partial charge in [0.05, 0.1) is 11.4 Å². The van der Waals surface area contributed by atoms with Crippen molar-refractivity contribution < 1.29 is 31.9 Å². The summed E-state index contributed by atoms with van der Waals surface area (Å²) in [6, 6.07) is 11.2. The summed E-state index contributed by atoms with van der Waals surface area (Å²) in [5.41, 5.74) is 1.22. The molecule has 0 aliphatic rings. The Bertz CT molecular complexity index is 1180. The van der Waals surface area contributed by atoms with Crippen LogP contribution in [0.5, 0.6) is 5.75 Å². The number of alkyl halides is 3. The van der Waals surface area contributed by atoms with Gasteiger partial charge in [-0.15, -0.1) is 24.5 Å². The summed E-state index contributed by atoms with van der Waals surface area (Å²) in [4.78, 5) is 29.6. The highest BCUT2D eigenvalue weighted by Crippen LogP contribution is 2.31. The molecule has 0 atom stereocenters. The molecule has 2 aromatic carbocycles. The maximum Gasteiger partial charge on any atom is 0.573 e. The van der Waals surface area contributed by atoms with E-state index in [4.69, 9.17) is 0 Å². The first kappa shape index (κ1) is 24.9. The Hall–Kier alpha value is -3.73. The molecule has 0 radical (unpaired) electrons. The smallest absolute Gasteiger partial charge is 0.406 e. The first-order valence-electron chi connectivity index (χ1n) is 9.94. The number of anilines is 2. The monoisotopic (exact) mass is 493 g/mol. The highest BCUT2D eigenvalue weighted by molar-refractivity contribution is 7.14. The number of aromatic nitrogens is 1. The molecule has 0 fully saturated rings. The number of nitrogens with one attached hydrogen (secondary N) is 1. The third-order valence-electron chi connectivity index (χ3n) is 4.38. The summed E-state index contributed by atoms with van der Waals surface area (Å²) in [6.45, 7) is 1.56. The number of para-hydroxylation sites is 1. The fraction of sp³-hybridized carbons (Fsp3) is 0.174. The maximum absolute atomic E-state index is 14.1. The number of amides is 2. The zero-order chi connectivity index (χ0) is 24.7. The van der Waals surface area contributed by atoms with Crippen molar-refractivity contribution in [2.24, 2.45) is 0 Å². The highest BCUT2D eigenvalue weighted by atomic mass is 32.1. The normalized spacial score (nSPS) is 11.4. The van der Waals surface area contributed by atoms with Crippen molar-refractivity contribution in [3.63, 3.8) is 0 Å². The van der Waals surface area contributed by atoms with Crippen LogP contribution in [-0.4, -0.2) is 29.7 Å². The second-order valence-electron chi connectivity index (χ2n) is 6.93. The Balaban J connectivity index is 1.54. The second kappa shape index (κ2) is 10.9. The van der Waals surface area contributed by atoms with Crippen LogP contribution in [0.3, 0.4) is 0 Å². The Morgan fingerprint density at radius 3 is 2.50 bits per heavy atom. The van der Waals surface area contributed by atoms with Crippen molar-refractivity contribution in [3.05, 3.63) is 77.1 Å². The lowest BCUT2D eigenvalue weighted by Gasteiger charge is -2.18. The molecule has 11 heteroatoms. The van der Waals surface area contributed by atoms with Gasteiger partial charge in [0.25, 0.3) is 0 Å². The van der Waals surface area contributed by atoms with Crippen LogP contribution in [0.1, 0.15) is 18.2 Å². The van der Waals surface area contributed by atoms with E-state index < -0.39 is 24.0 Å². The number of hydrogen-bond acceptors (Lipinski definition) is 5. The number of carbonyl (C=O) groups is 2. The minimum Gasteiger partial charge on any atom is -0.406 e. The van der Waals surface area contributed by atoms with Gasteiger partial charge in [0, 0.05) is 24.9 Å². The third-order valence-corrected chi connectivity index (χ3v) is 5.23. The second-order valence-corrected chi connectivity index (χ2v) is 7.76. The summed E-state index contributed by atoms with van der Waals surface area (Å²) in [5.74, 6) is -1.69. The van der Waals surface area contributed by atoms with E-state index in [0.29, 0.717) is 12.1 Å². The molecule has 0 spiro atoms. The van der Waals surface area contributed by atoms with Crippen LogP contribution in [0.15, 0.2) is 60.0 Å². The molecule has 3 aromatic rings. The summed E-state index contributed by atoms with van der Waals surface area (Å²) in [5, 5.41) is 4.55. The standard InChI is InChI=1S/C23H19F4N3O3S/c1-15(31)30(20-5-3-2-4-19(20)24)22-29-17(14-34-22)8-11-21(32)28-13-12-16-6-9-18(10-7-16)33-23(25,26)27/h2-11,14H,12-13H2,1H3,(H,28,32). The first-order chi connectivity index (χ1) is 16.1. The number of carbonyl (C=O) groups excluding carboxylic acids is 2. The van der Waals surface area contributed by atoms with Crippen LogP contribution in [-0.2, 0) is 16.0 Å². The molecule has 178 valence electrons. The summed E-state index contributed by atoms with van der Waals surface area (Å²) in [6.07, 6.45) is -1.62. The fourth-order valence-corrected chi connectivity index (χ4v) is 3.75. The lowest BCUT2D eigenvalue weighted by Crippen LogP contribution is -2.23. The van der Waals surface area contributed by atoms with Gasteiger partial charge in [-0.05, 0) is 42.3 Å². The Morgan fingerprint density at radius 2 is 1.85 bits per heavy atom. The van der Waals surface area contributed by atoms with Crippen molar-refractivity contribution in [1.29, 1.82) is 0 Å². The van der Waals surface area contributed by atoms with E-state index in [-0.39, 0.29) is 23.1 Å². The highest BCUT2D eigenvalue weighted by Gasteiger charge is 2.30. The average molecular weight is 493 g/mol. The van der Waals surface area contributed by atoms with Gasteiger partial charge >= 0.3 is 6.36 Å². The SMILES string of the molecule is CC(=O)N(c1nc(C=CC(=O)NCCc2ccc(OC(F)(F)F)cc2)cs1)c1ccccc1F. The van der Waals surface area contributed by atoms with Crippen LogP contribution in [0.2, 0.25) is 0 Å². The molecular formula is C23H19F4N3O3S. The van der Waals surface area contributed by atoms with Gasteiger partial charge < -0.3 is 10.1 Å². The van der Waals surface area contributed by atoms with Crippen LogP contribution >= 0.6 is 11.3 Å². The number of rotatable bonds is 8. The molecule has 1 aromatic heterocycles. The van der Waals surface area contributed by atoms with Crippen molar-refractivity contribution in [1.82, 2.24) is 10.3 Å². The molecule has 6 nitrogen and oxygen atoms in total. The van der Waals surface area contributed by atoms with Gasteiger partial charge in [0.1, 0.15) is 11.6 Å². The van der Waals surface area contributed by atoms with Gasteiger partial charge in [-0.25, -0.2) is 9.37 Å². The van der Waals surface area contributed by atoms with Crippen LogP contribution in [0, 0.1) is 5.82 Å². The summed E-state index contributed by atoms with van der Waals surface area (Å²) < 4.78 is 54.5. The van der Waals surface area contributed by atoms with Gasteiger partial charge in [-0.3, -0.25) is 14.5 Å². The summed E-state index contributed by atoms with van der Waals surface area (Å²) in [7, 11) is 0. The number of nitrogens with zero attached hydrogens (tertiary/aromatic N) is 2. The van der Waals surface area contributed by atoms with Gasteiger partial charge in [0.2, 0.25) is 11.8 Å². The third kappa shape index (κ3) is 7.14. The molecule has 2 amide bonds. The molecule has 1 N–H and O–H groups in total. The average Bonchev–Trinajstić information content (AvgIpc) is 3.22. The van der Waals surface area contributed by atoms with E-state index >= 15 is 0 Å². The molecule has 34 heavy (non-hydrogen) atoms. The first-order valence-corrected chi connectivity index (χ1v) is 10.8. The van der Waals surface area contributed by atoms with E-state index in [1.165, 1.54) is 61.5 Å². The quantitative estimate of drug-likeness (QED) is 0.344. The topological polar surface area (TPSA) is 71.5 Å². The lowest BCUT2D eigenvalue weighted by molar-refractivity contribution is -0.274. The lowest BCUT2D eigenvalue weighted by atomic mass is 10.1. The number of benzene rings is 2. The predicted molar refractivity (Wildman–Crippen MR) is 120 cm³/mol. The molecule has 3 rings (SSSR count). The largest absolute Gasteiger partial charge is 0.573 e. The molecule has 0 aliphatic heterocycles. The van der Waals surface area contributed by atoms with Gasteiger partial charge in [0.15, 0.2) is 5.13 Å². The van der Waals surface area contributed by atoms with E-state index in [0.717, 1.165) is 21.8 Å². The molecule has 0 bridgehead atoms. The number of halogens is 4. The predicted octanol–water partition coefficient (Wildman–Crippen LogP) is 5.24. The van der Waals surface area contributed by atoms with Crippen molar-refractivity contribution >= 4 is 40.0 Å². The Labute approximate surface area is 196 Å². The fourth-order valence-electron chi connectivity index (χ4n) is 2.90. The van der Waals surface area contributed by atoms with E-state index in [9.17, 15) is 27.2 Å². The molecule has 0 saturated heterocycles. The van der Waals surface area contributed by atoms with Crippen LogP contribution < -0.4 is 15.0 Å². The summed E-state index contributed by atoms with van der Waals surface area (Å²) >= 11 is 1.12. The van der Waals surface area contributed by atoms with E-state index in [1.807, 2.05) is 0 Å². The van der Waals surface area contributed by atoms with E-state index in [2.05, 4.69) is 15.0 Å². The number of ether oxygens (including phenoxy) is 1. The van der Waals surface area contributed by atoms with Gasteiger partial charge in [-0.2, -0.15) is 0 Å². The Kier molecular flexibility index (Phi) is 8.00. The van der Waals surface area contributed by atoms with Crippen molar-refractivity contribution in [2.75, 3.05) is 11.4 Å². The number of thiazole rings is 1. The molecular weight excluding hydrogens is 474 g/mol. The molecule has 0 saturated carbocycles. The van der Waals surface area contributed by atoms with Crippen molar-refractivity contribution in [3.8, 4) is 5.75 Å². The van der Waals surface area contributed by atoms with Crippen LogP contribution in [0.25, 0.3) is 6.08 Å². The van der Waals surface area contributed by atoms with E-state index in [1.54, 1.807) is 11.4 Å². The number of hydrogen-bond donors (Lipinski definition) is 1. The molecule has 0 unspecified atom stereocenters. The maximum atomic E-state index is 14.1. The molecule has 1 heterocycles. The Morgan fingerprint density at radius 1 is 1.15 bits per heavy atom. The van der Waals surface area contributed by atoms with Crippen molar-refractivity contribution in [2.45, 2.75) is 19.7 Å². The van der Waals surface area contributed by atoms with Crippen LogP contribution in [0.4, 0.5) is 28.4 Å². The zero-order valence-electron chi connectivity index (χ0n) is 17.8. The minimum absolute atomic E-state index is 0.0793. The zero-order valence-corrected chi connectivity index (χ0v) is 18.6.